The van der Waals surface area contributed by atoms with Gasteiger partial charge in [0, 0.05) is 43.1 Å². The molecule has 0 aliphatic carbocycles. The number of aryl methyl sites for hydroxylation is 1. The Balaban J connectivity index is 1.90. The predicted molar refractivity (Wildman–Crippen MR) is 86.0 cm³/mol. The molecule has 3 aliphatic rings. The minimum absolute atomic E-state index is 0.434. The van der Waals surface area contributed by atoms with Crippen LogP contribution in [0.15, 0.2) is 18.2 Å². The molecule has 1 fully saturated rings. The first kappa shape index (κ1) is 13.2. The molecule has 1 saturated heterocycles. The van der Waals surface area contributed by atoms with Gasteiger partial charge in [0.2, 0.25) is 0 Å². The highest BCUT2D eigenvalue weighted by molar-refractivity contribution is 5.92. The van der Waals surface area contributed by atoms with Crippen molar-refractivity contribution in [3.8, 4) is 0 Å². The Hall–Kier alpha value is -1.52. The maximum atomic E-state index is 10.2. The zero-order valence-electron chi connectivity index (χ0n) is 12.8. The van der Waals surface area contributed by atoms with Crippen LogP contribution in [-0.2, 0) is 7.05 Å². The highest BCUT2D eigenvalue weighted by Gasteiger charge is 2.35. The molecule has 1 unspecified atom stereocenters. The van der Waals surface area contributed by atoms with Crippen molar-refractivity contribution < 1.29 is 5.11 Å². The lowest BCUT2D eigenvalue weighted by Gasteiger charge is -2.41. The molecular weight excluding hydrogens is 262 g/mol. The molecule has 0 radical (unpaired) electrons. The third-order valence-corrected chi connectivity index (χ3v) is 5.22. The van der Waals surface area contributed by atoms with Crippen molar-refractivity contribution in [2.24, 2.45) is 7.05 Å². The third-order valence-electron chi connectivity index (χ3n) is 5.22. The first-order valence-corrected chi connectivity index (χ1v) is 7.90. The summed E-state index contributed by atoms with van der Waals surface area (Å²) in [4.78, 5) is 2.53. The third kappa shape index (κ3) is 1.82. The number of hydrogen-bond acceptors (Lipinski definition) is 3. The average molecular weight is 285 g/mol. The Labute approximate surface area is 125 Å². The van der Waals surface area contributed by atoms with Crippen LogP contribution in [0.3, 0.4) is 0 Å². The molecule has 1 atom stereocenters. The van der Waals surface area contributed by atoms with Crippen molar-refractivity contribution in [3.05, 3.63) is 29.3 Å². The van der Waals surface area contributed by atoms with Gasteiger partial charge in [0.05, 0.1) is 6.10 Å². The van der Waals surface area contributed by atoms with Gasteiger partial charge in [-0.15, -0.1) is 0 Å². The van der Waals surface area contributed by atoms with Crippen LogP contribution < -0.4 is 10.2 Å². The minimum atomic E-state index is -0.434. The van der Waals surface area contributed by atoms with Crippen LogP contribution in [-0.4, -0.2) is 36.4 Å². The van der Waals surface area contributed by atoms with E-state index in [0.717, 1.165) is 5.56 Å². The van der Waals surface area contributed by atoms with E-state index in [-0.39, 0.29) is 0 Å². The van der Waals surface area contributed by atoms with Gasteiger partial charge in [-0.25, -0.2) is 0 Å². The average Bonchev–Trinajstić information content (AvgIpc) is 2.84. The number of hydrogen-bond donors (Lipinski definition) is 2. The Kier molecular flexibility index (Phi) is 2.98. The summed E-state index contributed by atoms with van der Waals surface area (Å²) in [5, 5.41) is 14.6. The summed E-state index contributed by atoms with van der Waals surface area (Å²) in [5.41, 5.74) is 3.82. The topological polar surface area (TPSA) is 40.4 Å². The Bertz CT molecular complexity index is 683. The van der Waals surface area contributed by atoms with Crippen LogP contribution in [0.5, 0.6) is 0 Å². The maximum Gasteiger partial charge on any atom is 0.112 e. The lowest BCUT2D eigenvalue weighted by atomic mass is 9.84. The summed E-state index contributed by atoms with van der Waals surface area (Å²) in [6.07, 6.45) is 2.11. The number of fused-ring (bicyclic) bond motifs is 3. The van der Waals surface area contributed by atoms with Crippen molar-refractivity contribution in [1.29, 1.82) is 0 Å². The van der Waals surface area contributed by atoms with E-state index in [1.54, 1.807) is 0 Å². The zero-order valence-corrected chi connectivity index (χ0v) is 12.8. The SMILES string of the molecule is CNCC(O)c1ccc2c(c1)c1c(n2C)N2CCC1CC2. The van der Waals surface area contributed by atoms with Gasteiger partial charge >= 0.3 is 0 Å². The molecule has 0 amide bonds. The standard InChI is InChI=1S/C17H23N3O/c1-18-10-15(21)12-3-4-14-13(9-12)16-11-5-7-20(8-6-11)17(16)19(14)2/h3-4,9,11,15,18,21H,5-8,10H2,1-2H3. The van der Waals surface area contributed by atoms with Gasteiger partial charge in [-0.05, 0) is 43.5 Å². The second-order valence-corrected chi connectivity index (χ2v) is 6.41. The molecule has 4 heteroatoms. The number of aliphatic hydroxyl groups excluding tert-OH is 1. The molecular formula is C17H23N3O. The quantitative estimate of drug-likeness (QED) is 0.907. The molecule has 4 heterocycles. The fourth-order valence-corrected chi connectivity index (χ4v) is 4.16. The highest BCUT2D eigenvalue weighted by Crippen LogP contribution is 2.47. The second kappa shape index (κ2) is 4.75. The van der Waals surface area contributed by atoms with Gasteiger partial charge in [0.15, 0.2) is 0 Å². The fraction of sp³-hybridized carbons (Fsp3) is 0.529. The number of piperidine rings is 1. The number of nitrogens with zero attached hydrogens (tertiary/aromatic N) is 2. The lowest BCUT2D eigenvalue weighted by molar-refractivity contribution is 0.178. The number of nitrogens with one attached hydrogen (secondary N) is 1. The van der Waals surface area contributed by atoms with Gasteiger partial charge in [-0.3, -0.25) is 0 Å². The smallest absolute Gasteiger partial charge is 0.112 e. The zero-order chi connectivity index (χ0) is 14.6. The molecule has 2 aromatic rings. The summed E-state index contributed by atoms with van der Waals surface area (Å²) in [7, 11) is 4.05. The second-order valence-electron chi connectivity index (χ2n) is 6.41. The molecule has 1 aromatic heterocycles. The first-order chi connectivity index (χ1) is 10.2. The van der Waals surface area contributed by atoms with Crippen LogP contribution in [0, 0.1) is 0 Å². The Morgan fingerprint density at radius 3 is 2.81 bits per heavy atom. The number of aromatic nitrogens is 1. The molecule has 5 rings (SSSR count). The van der Waals surface area contributed by atoms with E-state index in [2.05, 4.69) is 40.0 Å². The van der Waals surface area contributed by atoms with Crippen molar-refractivity contribution in [3.63, 3.8) is 0 Å². The number of likely N-dealkylation sites (N-methyl/N-ethyl adjacent to an activating group) is 1. The summed E-state index contributed by atoms with van der Waals surface area (Å²) >= 11 is 0. The number of aliphatic hydroxyl groups is 1. The minimum Gasteiger partial charge on any atom is -0.387 e. The first-order valence-electron chi connectivity index (χ1n) is 7.90. The van der Waals surface area contributed by atoms with Crippen molar-refractivity contribution in [1.82, 2.24) is 9.88 Å². The number of anilines is 1. The lowest BCUT2D eigenvalue weighted by Crippen LogP contribution is -2.39. The molecule has 2 N–H and O–H groups in total. The van der Waals surface area contributed by atoms with Crippen LogP contribution in [0.1, 0.15) is 36.0 Å². The number of rotatable bonds is 3. The van der Waals surface area contributed by atoms with Crippen LogP contribution in [0.25, 0.3) is 10.9 Å². The molecule has 4 nitrogen and oxygen atoms in total. The fourth-order valence-electron chi connectivity index (χ4n) is 4.16. The van der Waals surface area contributed by atoms with Gasteiger partial charge in [-0.1, -0.05) is 6.07 Å². The predicted octanol–water partition coefficient (Wildman–Crippen LogP) is 2.13. The van der Waals surface area contributed by atoms with Crippen molar-refractivity contribution >= 4 is 16.7 Å². The monoisotopic (exact) mass is 285 g/mol. The van der Waals surface area contributed by atoms with Gasteiger partial charge < -0.3 is 19.9 Å². The normalized spacial score (nSPS) is 19.3. The molecule has 0 spiro atoms. The van der Waals surface area contributed by atoms with E-state index in [1.807, 2.05) is 7.05 Å². The molecule has 21 heavy (non-hydrogen) atoms. The molecule has 1 aromatic carbocycles. The summed E-state index contributed by atoms with van der Waals surface area (Å²) in [6, 6.07) is 6.44. The van der Waals surface area contributed by atoms with E-state index in [0.29, 0.717) is 12.5 Å². The van der Waals surface area contributed by atoms with E-state index in [1.165, 1.54) is 48.2 Å². The summed E-state index contributed by atoms with van der Waals surface area (Å²) in [6.45, 7) is 2.98. The summed E-state index contributed by atoms with van der Waals surface area (Å²) < 4.78 is 2.34. The largest absolute Gasteiger partial charge is 0.387 e. The van der Waals surface area contributed by atoms with E-state index in [9.17, 15) is 5.11 Å². The molecule has 0 saturated carbocycles. The highest BCUT2D eigenvalue weighted by atomic mass is 16.3. The van der Waals surface area contributed by atoms with E-state index >= 15 is 0 Å². The van der Waals surface area contributed by atoms with Crippen LogP contribution in [0.4, 0.5) is 5.82 Å². The van der Waals surface area contributed by atoms with Crippen LogP contribution in [0.2, 0.25) is 0 Å². The van der Waals surface area contributed by atoms with E-state index < -0.39 is 6.10 Å². The van der Waals surface area contributed by atoms with Gasteiger partial charge in [-0.2, -0.15) is 0 Å². The molecule has 2 bridgehead atoms. The van der Waals surface area contributed by atoms with E-state index in [4.69, 9.17) is 0 Å². The Morgan fingerprint density at radius 2 is 2.10 bits per heavy atom. The summed E-state index contributed by atoms with van der Waals surface area (Å²) in [5.74, 6) is 2.11. The van der Waals surface area contributed by atoms with Gasteiger partial charge in [0.25, 0.3) is 0 Å². The molecule has 3 aliphatic heterocycles. The number of benzene rings is 1. The maximum absolute atomic E-state index is 10.2. The Morgan fingerprint density at radius 1 is 1.33 bits per heavy atom. The van der Waals surface area contributed by atoms with Gasteiger partial charge in [0.1, 0.15) is 5.82 Å². The van der Waals surface area contributed by atoms with Crippen LogP contribution >= 0.6 is 0 Å². The molecule has 112 valence electrons. The van der Waals surface area contributed by atoms with Crippen molar-refractivity contribution in [2.75, 3.05) is 31.6 Å². The van der Waals surface area contributed by atoms with Crippen molar-refractivity contribution in [2.45, 2.75) is 24.9 Å².